The van der Waals surface area contributed by atoms with Crippen LogP contribution in [0.25, 0.3) is 0 Å². The molecule has 2 N–H and O–H groups in total. The highest BCUT2D eigenvalue weighted by molar-refractivity contribution is 6.37. The molecule has 3 aromatic rings. The second-order valence-corrected chi connectivity index (χ2v) is 8.55. The average Bonchev–Trinajstić information content (AvgIpc) is 2.82. The molecule has 5 rings (SSSR count). The Balaban J connectivity index is 0.000000196. The summed E-state index contributed by atoms with van der Waals surface area (Å²) in [6.07, 6.45) is 0. The lowest BCUT2D eigenvalue weighted by Gasteiger charge is -2.31. The molecule has 3 aromatic carbocycles. The minimum atomic E-state index is -0.234. The summed E-state index contributed by atoms with van der Waals surface area (Å²) < 4.78 is 11.0. The van der Waals surface area contributed by atoms with Gasteiger partial charge in [-0.3, -0.25) is 4.79 Å². The Morgan fingerprint density at radius 2 is 1.61 bits per heavy atom. The third-order valence-electron chi connectivity index (χ3n) is 5.45. The van der Waals surface area contributed by atoms with E-state index in [1.165, 1.54) is 17.7 Å². The first kappa shape index (κ1) is 23.1. The van der Waals surface area contributed by atoms with Crippen molar-refractivity contribution in [1.29, 1.82) is 0 Å². The minimum Gasteiger partial charge on any atom is -0.505 e. The zero-order valence-corrected chi connectivity index (χ0v) is 19.8. The Bertz CT molecular complexity index is 1180. The van der Waals surface area contributed by atoms with E-state index in [-0.39, 0.29) is 21.7 Å². The van der Waals surface area contributed by atoms with Gasteiger partial charge in [-0.15, -0.1) is 0 Å². The minimum absolute atomic E-state index is 0.0501. The number of amides is 1. The normalized spacial score (nSPS) is 13.9. The molecule has 0 radical (unpaired) electrons. The van der Waals surface area contributed by atoms with E-state index in [9.17, 15) is 9.90 Å². The monoisotopic (exact) mass is 486 g/mol. The van der Waals surface area contributed by atoms with E-state index in [0.717, 1.165) is 35.8 Å². The van der Waals surface area contributed by atoms with Crippen LogP contribution in [0.5, 0.6) is 17.2 Å². The van der Waals surface area contributed by atoms with Gasteiger partial charge in [0.05, 0.1) is 28.0 Å². The Hall–Kier alpha value is -3.09. The van der Waals surface area contributed by atoms with Gasteiger partial charge < -0.3 is 24.8 Å². The number of hydrogen-bond acceptors (Lipinski definition) is 5. The largest absolute Gasteiger partial charge is 0.505 e. The van der Waals surface area contributed by atoms with Gasteiger partial charge in [-0.25, -0.2) is 0 Å². The summed E-state index contributed by atoms with van der Waals surface area (Å²) in [4.78, 5) is 14.4. The molecule has 8 heteroatoms. The molecule has 0 aliphatic carbocycles. The number of carbonyl (C=O) groups is 1. The summed E-state index contributed by atoms with van der Waals surface area (Å²) in [5, 5.41) is 13.0. The highest BCUT2D eigenvalue weighted by Gasteiger charge is 2.27. The number of anilines is 2. The van der Waals surface area contributed by atoms with E-state index in [1.54, 1.807) is 4.90 Å². The first-order valence-corrected chi connectivity index (χ1v) is 11.3. The third kappa shape index (κ3) is 4.82. The van der Waals surface area contributed by atoms with Gasteiger partial charge in [-0.2, -0.15) is 0 Å². The van der Waals surface area contributed by atoms with Crippen LogP contribution in [0.3, 0.4) is 0 Å². The van der Waals surface area contributed by atoms with Crippen molar-refractivity contribution in [3.8, 4) is 17.2 Å². The van der Waals surface area contributed by atoms with Gasteiger partial charge in [0.1, 0.15) is 24.7 Å². The summed E-state index contributed by atoms with van der Waals surface area (Å²) >= 11 is 11.8. The zero-order chi connectivity index (χ0) is 23.5. The van der Waals surface area contributed by atoms with Crippen molar-refractivity contribution in [2.45, 2.75) is 13.8 Å². The lowest BCUT2D eigenvalue weighted by molar-refractivity contribution is 0.0976. The van der Waals surface area contributed by atoms with Gasteiger partial charge in [0, 0.05) is 12.1 Å². The second kappa shape index (κ2) is 9.81. The molecule has 0 saturated carbocycles. The van der Waals surface area contributed by atoms with Crippen molar-refractivity contribution in [2.75, 3.05) is 36.5 Å². The van der Waals surface area contributed by atoms with E-state index >= 15 is 0 Å². The maximum Gasteiger partial charge on any atom is 0.258 e. The van der Waals surface area contributed by atoms with E-state index < -0.39 is 0 Å². The number of fused-ring (bicyclic) bond motifs is 2. The van der Waals surface area contributed by atoms with Gasteiger partial charge in [0.15, 0.2) is 5.75 Å². The van der Waals surface area contributed by atoms with Crippen LogP contribution >= 0.6 is 23.2 Å². The third-order valence-corrected chi connectivity index (χ3v) is 6.02. The molecule has 172 valence electrons. The number of ether oxygens (including phenoxy) is 2. The fraction of sp³-hybridized carbons (Fsp3) is 0.240. The number of benzene rings is 3. The first-order valence-electron chi connectivity index (χ1n) is 10.6. The fourth-order valence-corrected chi connectivity index (χ4v) is 4.31. The fourth-order valence-electron chi connectivity index (χ4n) is 3.83. The van der Waals surface area contributed by atoms with Crippen LogP contribution in [0.4, 0.5) is 11.4 Å². The van der Waals surface area contributed by atoms with Crippen molar-refractivity contribution >= 4 is 40.5 Å². The molecule has 1 amide bonds. The molecular formula is C25H24Cl2N2O4. The van der Waals surface area contributed by atoms with Crippen LogP contribution in [0.1, 0.15) is 21.5 Å². The van der Waals surface area contributed by atoms with Crippen LogP contribution in [0.2, 0.25) is 10.0 Å². The number of nitrogens with zero attached hydrogens (tertiary/aromatic N) is 1. The quantitative estimate of drug-likeness (QED) is 0.451. The molecule has 2 aliphatic rings. The van der Waals surface area contributed by atoms with E-state index in [1.807, 2.05) is 37.3 Å². The maximum absolute atomic E-state index is 12.8. The SMILES string of the molecule is Cc1cccc2c1N(C(=O)c1cc(Cl)c(O)c(Cl)c1)CCO2.Cc1cccc2c1NCCO2. The number of halogens is 2. The molecule has 0 atom stereocenters. The Labute approximate surface area is 202 Å². The number of rotatable bonds is 1. The number of aromatic hydroxyl groups is 1. The topological polar surface area (TPSA) is 71.0 Å². The number of nitrogens with one attached hydrogen (secondary N) is 1. The zero-order valence-electron chi connectivity index (χ0n) is 18.3. The molecule has 0 saturated heterocycles. The molecule has 33 heavy (non-hydrogen) atoms. The van der Waals surface area contributed by atoms with Crippen LogP contribution in [0.15, 0.2) is 48.5 Å². The second-order valence-electron chi connectivity index (χ2n) is 7.74. The van der Waals surface area contributed by atoms with Crippen molar-refractivity contribution in [1.82, 2.24) is 0 Å². The van der Waals surface area contributed by atoms with E-state index in [4.69, 9.17) is 32.7 Å². The molecule has 0 bridgehead atoms. The van der Waals surface area contributed by atoms with Gasteiger partial charge in [-0.1, -0.05) is 47.5 Å². The smallest absolute Gasteiger partial charge is 0.258 e. The number of phenols is 1. The molecule has 2 heterocycles. The summed E-state index contributed by atoms with van der Waals surface area (Å²) in [6.45, 7) is 6.55. The first-order chi connectivity index (χ1) is 15.9. The lowest BCUT2D eigenvalue weighted by atomic mass is 10.1. The molecule has 2 aliphatic heterocycles. The number of carbonyl (C=O) groups excluding carboxylic acids is 1. The number of hydrogen-bond donors (Lipinski definition) is 2. The van der Waals surface area contributed by atoms with Crippen molar-refractivity contribution in [2.24, 2.45) is 0 Å². The Kier molecular flexibility index (Phi) is 6.86. The Morgan fingerprint density at radius 1 is 0.970 bits per heavy atom. The van der Waals surface area contributed by atoms with E-state index in [2.05, 4.69) is 18.3 Å². The molecule has 0 spiro atoms. The van der Waals surface area contributed by atoms with Gasteiger partial charge in [-0.05, 0) is 49.2 Å². The molecule has 0 unspecified atom stereocenters. The Morgan fingerprint density at radius 3 is 2.30 bits per heavy atom. The summed E-state index contributed by atoms with van der Waals surface area (Å²) in [7, 11) is 0. The molecule has 0 aromatic heterocycles. The highest BCUT2D eigenvalue weighted by Crippen LogP contribution is 2.37. The van der Waals surface area contributed by atoms with Crippen molar-refractivity contribution < 1.29 is 19.4 Å². The predicted molar refractivity (Wildman–Crippen MR) is 132 cm³/mol. The predicted octanol–water partition coefficient (Wildman–Crippen LogP) is 5.85. The summed E-state index contributed by atoms with van der Waals surface area (Å²) in [6, 6.07) is 14.6. The van der Waals surface area contributed by atoms with Gasteiger partial charge in [0.2, 0.25) is 0 Å². The van der Waals surface area contributed by atoms with Crippen molar-refractivity contribution in [3.63, 3.8) is 0 Å². The van der Waals surface area contributed by atoms with Crippen molar-refractivity contribution in [3.05, 3.63) is 75.3 Å². The van der Waals surface area contributed by atoms with Crippen LogP contribution < -0.4 is 19.7 Å². The standard InChI is InChI=1S/C16H13Cl2NO3.C9H11NO/c1-9-3-2-4-13-14(9)19(5-6-22-13)16(21)10-7-11(17)15(20)12(18)8-10;1-7-3-2-4-8-9(7)10-5-6-11-8/h2-4,7-8,20H,5-6H2,1H3;2-4,10H,5-6H2,1H3. The maximum atomic E-state index is 12.8. The number of para-hydroxylation sites is 2. The van der Waals surface area contributed by atoms with Crippen LogP contribution in [-0.4, -0.2) is 37.3 Å². The van der Waals surface area contributed by atoms with Crippen LogP contribution in [0, 0.1) is 13.8 Å². The number of phenolic OH excluding ortho intramolecular Hbond substituents is 1. The van der Waals surface area contributed by atoms with Gasteiger partial charge in [0.25, 0.3) is 5.91 Å². The van der Waals surface area contributed by atoms with Gasteiger partial charge >= 0.3 is 0 Å². The summed E-state index contributed by atoms with van der Waals surface area (Å²) in [5.74, 6) is 1.20. The molecular weight excluding hydrogens is 463 g/mol. The number of aryl methyl sites for hydroxylation is 2. The average molecular weight is 487 g/mol. The molecule has 6 nitrogen and oxygen atoms in total. The van der Waals surface area contributed by atoms with Crippen LogP contribution in [-0.2, 0) is 0 Å². The molecule has 0 fully saturated rings. The van der Waals surface area contributed by atoms with E-state index in [0.29, 0.717) is 24.5 Å². The lowest BCUT2D eigenvalue weighted by Crippen LogP contribution is -2.38. The summed E-state index contributed by atoms with van der Waals surface area (Å²) in [5.41, 5.74) is 4.42. The highest BCUT2D eigenvalue weighted by atomic mass is 35.5.